The average Bonchev–Trinajstić information content (AvgIpc) is 2.49. The van der Waals surface area contributed by atoms with Crippen molar-refractivity contribution in [2.45, 2.75) is 64.2 Å². The lowest BCUT2D eigenvalue weighted by atomic mass is 10.1. The van der Waals surface area contributed by atoms with Gasteiger partial charge in [-0.2, -0.15) is 0 Å². The molecule has 0 aliphatic heterocycles. The Hall–Kier alpha value is -1.91. The van der Waals surface area contributed by atoms with Crippen LogP contribution in [0.25, 0.3) is 0 Å². The quantitative estimate of drug-likeness (QED) is 0.152. The molecule has 0 bridgehead atoms. The Morgan fingerprint density at radius 2 is 1.22 bits per heavy atom. The Labute approximate surface area is 138 Å². The number of allylic oxidation sites excluding steroid dienone is 4. The smallest absolute Gasteiger partial charge is 0.327 e. The van der Waals surface area contributed by atoms with Crippen LogP contribution in [-0.2, 0) is 4.79 Å². The van der Waals surface area contributed by atoms with E-state index in [1.54, 1.807) is 6.08 Å². The molecule has 5 heteroatoms. The monoisotopic (exact) mass is 323 g/mol. The summed E-state index contributed by atoms with van der Waals surface area (Å²) in [5, 5.41) is 18.5. The van der Waals surface area contributed by atoms with Crippen molar-refractivity contribution in [3.05, 3.63) is 46.6 Å². The van der Waals surface area contributed by atoms with Gasteiger partial charge in [-0.3, -0.25) is 10.1 Å². The molecule has 0 spiro atoms. The Morgan fingerprint density at radius 1 is 0.783 bits per heavy atom. The third-order valence-corrected chi connectivity index (χ3v) is 3.31. The van der Waals surface area contributed by atoms with Gasteiger partial charge >= 0.3 is 5.97 Å². The molecule has 0 saturated carbocycles. The van der Waals surface area contributed by atoms with Gasteiger partial charge in [-0.1, -0.05) is 36.8 Å². The van der Waals surface area contributed by atoms with Crippen molar-refractivity contribution in [1.29, 1.82) is 0 Å². The van der Waals surface area contributed by atoms with Gasteiger partial charge in [-0.15, -0.1) is 0 Å². The van der Waals surface area contributed by atoms with Crippen LogP contribution in [0.3, 0.4) is 0 Å². The van der Waals surface area contributed by atoms with Gasteiger partial charge in [0.1, 0.15) is 0 Å². The maximum atomic E-state index is 10.2. The van der Waals surface area contributed by atoms with Crippen molar-refractivity contribution in [2.24, 2.45) is 0 Å². The van der Waals surface area contributed by atoms with Crippen molar-refractivity contribution in [3.63, 3.8) is 0 Å². The number of carbonyl (C=O) groups is 1. The molecule has 0 fully saturated rings. The molecule has 0 radical (unpaired) electrons. The normalized spacial score (nSPS) is 11.8. The fraction of sp³-hybridized carbons (Fsp3) is 0.611. The third-order valence-electron chi connectivity index (χ3n) is 3.31. The number of carboxylic acids is 1. The van der Waals surface area contributed by atoms with Crippen LogP contribution in [0.4, 0.5) is 0 Å². The predicted octanol–water partition coefficient (Wildman–Crippen LogP) is 4.92. The molecule has 0 unspecified atom stereocenters. The summed E-state index contributed by atoms with van der Waals surface area (Å²) in [7, 11) is 0. The van der Waals surface area contributed by atoms with E-state index in [9.17, 15) is 14.9 Å². The summed E-state index contributed by atoms with van der Waals surface area (Å²) in [5.41, 5.74) is 0. The zero-order chi connectivity index (χ0) is 17.2. The highest BCUT2D eigenvalue weighted by Crippen LogP contribution is 2.06. The van der Waals surface area contributed by atoms with Crippen LogP contribution in [0, 0.1) is 10.1 Å². The molecule has 5 nitrogen and oxygen atoms in total. The molecule has 0 atom stereocenters. The topological polar surface area (TPSA) is 80.4 Å². The van der Waals surface area contributed by atoms with Gasteiger partial charge in [0, 0.05) is 17.4 Å². The number of nitrogens with zero attached hydrogens (tertiary/aromatic N) is 1. The van der Waals surface area contributed by atoms with Crippen LogP contribution >= 0.6 is 0 Å². The molecule has 130 valence electrons. The van der Waals surface area contributed by atoms with Gasteiger partial charge < -0.3 is 5.11 Å². The van der Waals surface area contributed by atoms with Crippen molar-refractivity contribution in [3.8, 4) is 0 Å². The minimum absolute atomic E-state index is 0.0229. The first kappa shape index (κ1) is 21.1. The highest BCUT2D eigenvalue weighted by Gasteiger charge is 1.91. The minimum atomic E-state index is -0.875. The Kier molecular flexibility index (Phi) is 15.1. The first-order valence-electron chi connectivity index (χ1n) is 8.44. The second kappa shape index (κ2) is 16.5. The van der Waals surface area contributed by atoms with Gasteiger partial charge in [0.25, 0.3) is 0 Å². The van der Waals surface area contributed by atoms with E-state index in [0.717, 1.165) is 57.8 Å². The molecule has 0 aliphatic rings. The lowest BCUT2D eigenvalue weighted by Crippen LogP contribution is -1.97. The van der Waals surface area contributed by atoms with Crippen LogP contribution < -0.4 is 0 Å². The van der Waals surface area contributed by atoms with Gasteiger partial charge in [-0.25, -0.2) is 4.79 Å². The summed E-state index contributed by atoms with van der Waals surface area (Å²) in [6.45, 7) is 0.0229. The zero-order valence-corrected chi connectivity index (χ0v) is 13.9. The van der Waals surface area contributed by atoms with Gasteiger partial charge in [0.2, 0.25) is 6.54 Å². The first-order chi connectivity index (χ1) is 11.1. The summed E-state index contributed by atoms with van der Waals surface area (Å²) in [6, 6.07) is 0. The highest BCUT2D eigenvalue weighted by atomic mass is 16.6. The third kappa shape index (κ3) is 20.1. The number of nitro groups is 1. The second-order valence-corrected chi connectivity index (χ2v) is 5.45. The molecule has 0 amide bonds. The summed E-state index contributed by atoms with van der Waals surface area (Å²) in [5.74, 6) is -0.875. The highest BCUT2D eigenvalue weighted by molar-refractivity contribution is 5.79. The molecule has 0 aromatic carbocycles. The summed E-state index contributed by atoms with van der Waals surface area (Å²) in [4.78, 5) is 20.1. The van der Waals surface area contributed by atoms with Crippen molar-refractivity contribution < 1.29 is 14.8 Å². The summed E-state index contributed by atoms with van der Waals surface area (Å²) < 4.78 is 0. The largest absolute Gasteiger partial charge is 0.478 e. The number of unbranched alkanes of at least 4 members (excludes halogenated alkanes) is 7. The first-order valence-corrected chi connectivity index (χ1v) is 8.44. The molecule has 0 aliphatic carbocycles. The maximum absolute atomic E-state index is 10.2. The molecule has 0 saturated heterocycles. The van der Waals surface area contributed by atoms with E-state index in [1.807, 2.05) is 12.2 Å². The lowest BCUT2D eigenvalue weighted by molar-refractivity contribution is -0.478. The molecular weight excluding hydrogens is 294 g/mol. The summed E-state index contributed by atoms with van der Waals surface area (Å²) in [6.07, 6.45) is 21.4. The van der Waals surface area contributed by atoms with Crippen LogP contribution in [0.1, 0.15) is 64.2 Å². The van der Waals surface area contributed by atoms with E-state index in [0.29, 0.717) is 6.42 Å². The van der Waals surface area contributed by atoms with Crippen molar-refractivity contribution in [2.75, 3.05) is 6.54 Å². The number of hydrogen-bond donors (Lipinski definition) is 1. The molecule has 0 aromatic rings. The maximum Gasteiger partial charge on any atom is 0.327 e. The molecular formula is C18H29NO4. The molecule has 23 heavy (non-hydrogen) atoms. The van der Waals surface area contributed by atoms with E-state index in [4.69, 9.17) is 5.11 Å². The Morgan fingerprint density at radius 3 is 1.70 bits per heavy atom. The van der Waals surface area contributed by atoms with E-state index in [-0.39, 0.29) is 11.5 Å². The number of hydrogen-bond acceptors (Lipinski definition) is 3. The molecule has 0 heterocycles. The number of carboxylic acid groups (broad SMARTS) is 1. The van der Waals surface area contributed by atoms with Crippen LogP contribution in [0.2, 0.25) is 0 Å². The number of aliphatic carboxylic acids is 1. The van der Waals surface area contributed by atoms with Gasteiger partial charge in [0.15, 0.2) is 0 Å². The minimum Gasteiger partial charge on any atom is -0.478 e. The number of rotatable bonds is 15. The van der Waals surface area contributed by atoms with Gasteiger partial charge in [-0.05, 0) is 51.4 Å². The van der Waals surface area contributed by atoms with Crippen LogP contribution in [0.15, 0.2) is 36.5 Å². The SMILES string of the molecule is O=C(O)C=CCCCCCC=CCCCCC=CCC[N+](=O)[O-]. The molecule has 0 rings (SSSR count). The van der Waals surface area contributed by atoms with Gasteiger partial charge in [0.05, 0.1) is 0 Å². The fourth-order valence-corrected chi connectivity index (χ4v) is 2.06. The van der Waals surface area contributed by atoms with Crippen molar-refractivity contribution in [1.82, 2.24) is 0 Å². The Bertz CT molecular complexity index is 400. The molecule has 0 aromatic heterocycles. The fourth-order valence-electron chi connectivity index (χ4n) is 2.06. The summed E-state index contributed by atoms with van der Waals surface area (Å²) >= 11 is 0. The standard InChI is InChI=1S/C18H29NO4/c20-18(21)16-14-12-10-8-6-4-2-1-3-5-7-9-11-13-15-17-19(22)23/h1-2,11,13-14,16H,3-10,12,15,17H2,(H,20,21). The van der Waals surface area contributed by atoms with Crippen molar-refractivity contribution >= 4 is 5.97 Å². The lowest BCUT2D eigenvalue weighted by Gasteiger charge is -1.96. The second-order valence-electron chi connectivity index (χ2n) is 5.45. The molecule has 1 N–H and O–H groups in total. The van der Waals surface area contributed by atoms with Crippen LogP contribution in [0.5, 0.6) is 0 Å². The van der Waals surface area contributed by atoms with Crippen LogP contribution in [-0.4, -0.2) is 22.5 Å². The average molecular weight is 323 g/mol. The Balaban J connectivity index is 3.26. The predicted molar refractivity (Wildman–Crippen MR) is 93.1 cm³/mol. The van der Waals surface area contributed by atoms with E-state index in [1.165, 1.54) is 6.08 Å². The zero-order valence-electron chi connectivity index (χ0n) is 13.9. The van der Waals surface area contributed by atoms with E-state index in [2.05, 4.69) is 12.2 Å². The van der Waals surface area contributed by atoms with E-state index >= 15 is 0 Å². The van der Waals surface area contributed by atoms with E-state index < -0.39 is 5.97 Å².